The van der Waals surface area contributed by atoms with E-state index in [1.807, 2.05) is 12.1 Å². The summed E-state index contributed by atoms with van der Waals surface area (Å²) in [5, 5.41) is 0. The molecule has 0 radical (unpaired) electrons. The molecule has 0 aliphatic heterocycles. The molecule has 1 aliphatic carbocycles. The van der Waals surface area contributed by atoms with E-state index in [2.05, 4.69) is 0 Å². The summed E-state index contributed by atoms with van der Waals surface area (Å²) in [6, 6.07) is 3.51. The van der Waals surface area contributed by atoms with E-state index < -0.39 is 11.9 Å². The Morgan fingerprint density at radius 1 is 1.18 bits per heavy atom. The zero-order chi connectivity index (χ0) is 16.1. The lowest BCUT2D eigenvalue weighted by Gasteiger charge is -2.21. The summed E-state index contributed by atoms with van der Waals surface area (Å²) in [5.41, 5.74) is 3.06. The summed E-state index contributed by atoms with van der Waals surface area (Å²) >= 11 is 0. The van der Waals surface area contributed by atoms with Gasteiger partial charge >= 0.3 is 11.9 Å². The van der Waals surface area contributed by atoms with Crippen LogP contribution in [0.15, 0.2) is 23.8 Å². The van der Waals surface area contributed by atoms with E-state index in [-0.39, 0.29) is 5.75 Å². The Morgan fingerprint density at radius 3 is 2.55 bits per heavy atom. The first-order chi connectivity index (χ1) is 10.5. The predicted molar refractivity (Wildman–Crippen MR) is 79.8 cm³/mol. The van der Waals surface area contributed by atoms with Crippen LogP contribution in [0.25, 0.3) is 0 Å². The van der Waals surface area contributed by atoms with Crippen LogP contribution < -0.4 is 9.47 Å². The van der Waals surface area contributed by atoms with E-state index in [1.165, 1.54) is 19.4 Å². The zero-order valence-electron chi connectivity index (χ0n) is 12.7. The highest BCUT2D eigenvalue weighted by Gasteiger charge is 2.21. The van der Waals surface area contributed by atoms with E-state index in [9.17, 15) is 14.4 Å². The van der Waals surface area contributed by atoms with Crippen LogP contribution in [0.4, 0.5) is 0 Å². The minimum Gasteiger partial charge on any atom is -0.423 e. The van der Waals surface area contributed by atoms with Crippen LogP contribution in [0.3, 0.4) is 0 Å². The number of carbonyl (C=O) groups excluding carboxylic acids is 3. The standard InChI is InChI=1S/C17H18O5/c1-11(19)21-16-8-6-14-10-13(4-3-9-18)5-7-15(14)17(16)22-12(2)20/h5-6,8-9H,3-4,7,10H2,1-2H3. The van der Waals surface area contributed by atoms with Gasteiger partial charge in [-0.15, -0.1) is 0 Å². The van der Waals surface area contributed by atoms with Gasteiger partial charge in [0.15, 0.2) is 11.5 Å². The second-order valence-electron chi connectivity index (χ2n) is 5.17. The Morgan fingerprint density at radius 2 is 1.91 bits per heavy atom. The fourth-order valence-corrected chi connectivity index (χ4v) is 2.53. The topological polar surface area (TPSA) is 69.7 Å². The summed E-state index contributed by atoms with van der Waals surface area (Å²) in [7, 11) is 0. The van der Waals surface area contributed by atoms with Crippen LogP contribution in [-0.2, 0) is 27.2 Å². The third-order valence-corrected chi connectivity index (χ3v) is 3.42. The molecule has 1 aliphatic rings. The van der Waals surface area contributed by atoms with Gasteiger partial charge in [-0.25, -0.2) is 0 Å². The van der Waals surface area contributed by atoms with Gasteiger partial charge in [0, 0.05) is 25.8 Å². The van der Waals surface area contributed by atoms with Gasteiger partial charge in [-0.1, -0.05) is 17.7 Å². The molecule has 0 saturated heterocycles. The lowest BCUT2D eigenvalue weighted by Crippen LogP contribution is -2.12. The molecule has 0 unspecified atom stereocenters. The van der Waals surface area contributed by atoms with Gasteiger partial charge in [0.2, 0.25) is 0 Å². The van der Waals surface area contributed by atoms with Crippen LogP contribution >= 0.6 is 0 Å². The van der Waals surface area contributed by atoms with E-state index in [1.54, 1.807) is 6.07 Å². The van der Waals surface area contributed by atoms with Crippen molar-refractivity contribution in [3.05, 3.63) is 34.9 Å². The van der Waals surface area contributed by atoms with Gasteiger partial charge in [0.25, 0.3) is 0 Å². The highest BCUT2D eigenvalue weighted by Crippen LogP contribution is 2.38. The maximum absolute atomic E-state index is 11.3. The summed E-state index contributed by atoms with van der Waals surface area (Å²) in [6.45, 7) is 2.61. The molecule has 0 amide bonds. The largest absolute Gasteiger partial charge is 0.423 e. The molecule has 0 N–H and O–H groups in total. The van der Waals surface area contributed by atoms with Crippen LogP contribution in [-0.4, -0.2) is 18.2 Å². The zero-order valence-corrected chi connectivity index (χ0v) is 12.7. The molecule has 0 bridgehead atoms. The lowest BCUT2D eigenvalue weighted by atomic mass is 9.89. The van der Waals surface area contributed by atoms with Gasteiger partial charge in [-0.2, -0.15) is 0 Å². The molecule has 22 heavy (non-hydrogen) atoms. The molecule has 1 aromatic carbocycles. The molecule has 0 saturated carbocycles. The Kier molecular flexibility index (Phi) is 5.09. The number of aldehydes is 1. The van der Waals surface area contributed by atoms with Crippen LogP contribution in [0.1, 0.15) is 37.8 Å². The fourth-order valence-electron chi connectivity index (χ4n) is 2.53. The van der Waals surface area contributed by atoms with Crippen molar-refractivity contribution in [1.29, 1.82) is 0 Å². The van der Waals surface area contributed by atoms with E-state index in [0.717, 1.165) is 23.8 Å². The Hall–Kier alpha value is -2.43. The number of carbonyl (C=O) groups is 3. The summed E-state index contributed by atoms with van der Waals surface area (Å²) in [6.07, 6.45) is 5.47. The first kappa shape index (κ1) is 15.9. The summed E-state index contributed by atoms with van der Waals surface area (Å²) in [4.78, 5) is 33.0. The second kappa shape index (κ2) is 7.02. The summed E-state index contributed by atoms with van der Waals surface area (Å²) in [5.74, 6) is -0.360. The molecule has 0 aromatic heterocycles. The normalized spacial score (nSPS) is 12.9. The predicted octanol–water partition coefficient (Wildman–Crippen LogP) is 2.54. The molecule has 1 aromatic rings. The number of rotatable bonds is 5. The Balaban J connectivity index is 2.34. The van der Waals surface area contributed by atoms with Crippen LogP contribution in [0.5, 0.6) is 11.5 Å². The Bertz CT molecular complexity index is 643. The second-order valence-corrected chi connectivity index (χ2v) is 5.17. The average molecular weight is 302 g/mol. The van der Waals surface area contributed by atoms with Crippen molar-refractivity contribution in [2.24, 2.45) is 0 Å². The first-order valence-electron chi connectivity index (χ1n) is 7.14. The van der Waals surface area contributed by atoms with Crippen LogP contribution in [0.2, 0.25) is 0 Å². The highest BCUT2D eigenvalue weighted by molar-refractivity contribution is 5.75. The van der Waals surface area contributed by atoms with Gasteiger partial charge in [-0.3, -0.25) is 9.59 Å². The molecular formula is C17H18O5. The molecule has 5 heteroatoms. The average Bonchev–Trinajstić information content (AvgIpc) is 2.46. The van der Waals surface area contributed by atoms with Crippen molar-refractivity contribution < 1.29 is 23.9 Å². The maximum atomic E-state index is 11.3. The number of fused-ring (bicyclic) bond motifs is 1. The van der Waals surface area contributed by atoms with Crippen molar-refractivity contribution in [2.45, 2.75) is 39.5 Å². The molecule has 0 atom stereocenters. The van der Waals surface area contributed by atoms with Crippen molar-refractivity contribution in [2.75, 3.05) is 0 Å². The van der Waals surface area contributed by atoms with Gasteiger partial charge < -0.3 is 14.3 Å². The number of allylic oxidation sites excluding steroid dienone is 2. The molecule has 0 heterocycles. The smallest absolute Gasteiger partial charge is 0.308 e. The third-order valence-electron chi connectivity index (χ3n) is 3.42. The van der Waals surface area contributed by atoms with Gasteiger partial charge in [0.05, 0.1) is 0 Å². The first-order valence-corrected chi connectivity index (χ1v) is 7.14. The van der Waals surface area contributed by atoms with Crippen LogP contribution in [0, 0.1) is 0 Å². The summed E-state index contributed by atoms with van der Waals surface area (Å²) < 4.78 is 10.4. The maximum Gasteiger partial charge on any atom is 0.308 e. The van der Waals surface area contributed by atoms with Crippen molar-refractivity contribution in [1.82, 2.24) is 0 Å². The SMILES string of the molecule is CC(=O)Oc1ccc2c(c1OC(C)=O)CC=C(CCC=O)C2. The number of hydrogen-bond donors (Lipinski definition) is 0. The highest BCUT2D eigenvalue weighted by atomic mass is 16.6. The van der Waals surface area contributed by atoms with Gasteiger partial charge in [-0.05, 0) is 30.9 Å². The third kappa shape index (κ3) is 3.81. The van der Waals surface area contributed by atoms with Gasteiger partial charge in [0.1, 0.15) is 6.29 Å². The van der Waals surface area contributed by atoms with E-state index in [0.29, 0.717) is 25.0 Å². The monoisotopic (exact) mass is 302 g/mol. The number of benzene rings is 1. The fraction of sp³-hybridized carbons (Fsp3) is 0.353. The minimum atomic E-state index is -0.466. The Labute approximate surface area is 128 Å². The quantitative estimate of drug-likeness (QED) is 0.362. The van der Waals surface area contributed by atoms with Crippen molar-refractivity contribution >= 4 is 18.2 Å². The molecular weight excluding hydrogens is 284 g/mol. The lowest BCUT2D eigenvalue weighted by molar-refractivity contribution is -0.134. The minimum absolute atomic E-state index is 0.256. The molecule has 2 rings (SSSR count). The van der Waals surface area contributed by atoms with Crippen molar-refractivity contribution in [3.8, 4) is 11.5 Å². The molecule has 0 spiro atoms. The number of ether oxygens (including phenoxy) is 2. The van der Waals surface area contributed by atoms with E-state index in [4.69, 9.17) is 9.47 Å². The molecule has 5 nitrogen and oxygen atoms in total. The molecule has 0 fully saturated rings. The van der Waals surface area contributed by atoms with E-state index >= 15 is 0 Å². The van der Waals surface area contributed by atoms with Crippen molar-refractivity contribution in [3.63, 3.8) is 0 Å². The number of hydrogen-bond acceptors (Lipinski definition) is 5. The molecule has 116 valence electrons. The number of esters is 2.